The van der Waals surface area contributed by atoms with Crippen LogP contribution in [0.25, 0.3) is 0 Å². The first-order valence-electron chi connectivity index (χ1n) is 16.5. The number of hydrogen-bond donors (Lipinski definition) is 3. The number of likely N-dealkylation sites (N-methyl/N-ethyl adjacent to an activating group) is 2. The minimum atomic E-state index is -0.360. The molecule has 4 aromatic rings. The van der Waals surface area contributed by atoms with Crippen molar-refractivity contribution in [1.82, 2.24) is 20.6 Å². The molecule has 2 aromatic carbocycles. The van der Waals surface area contributed by atoms with Gasteiger partial charge in [-0.1, -0.05) is 53.9 Å². The first-order chi connectivity index (χ1) is 25.0. The molecule has 2 saturated heterocycles. The number of aryl methyl sites for hydroxylation is 1. The van der Waals surface area contributed by atoms with Crippen molar-refractivity contribution in [2.75, 3.05) is 50.2 Å². The molecule has 6 rings (SSSR count). The number of thioether (sulfide) groups is 2. The number of carbonyl (C=O) groups is 4. The number of ether oxygens (including phenoxy) is 2. The molecule has 0 spiro atoms. The predicted octanol–water partition coefficient (Wildman–Crippen LogP) is 4.17. The van der Waals surface area contributed by atoms with Crippen LogP contribution >= 0.6 is 23.5 Å². The third-order valence-electron chi connectivity index (χ3n) is 8.02. The molecule has 0 saturated carbocycles. The van der Waals surface area contributed by atoms with E-state index >= 15 is 0 Å². The second-order valence-electron chi connectivity index (χ2n) is 12.1. The fourth-order valence-electron chi connectivity index (χ4n) is 5.05. The SMILES string of the molecule is CN(CCOc1ccc(CC2SC(=O)NC2=O)cc1)c1ccc(O)cn1.Cc1ccc(N(C)CCOc2ccc(CC3SC(=O)NC3=O)cc2)nc1.O.[Ac]. The molecular formula is C37H42AcN6O8S2. The number of pyridine rings is 2. The molecule has 2 unspecified atom stereocenters. The van der Waals surface area contributed by atoms with Crippen molar-refractivity contribution < 1.29 is 83.3 Å². The monoisotopic (exact) mass is 989 g/mol. The Labute approximate surface area is 358 Å². The van der Waals surface area contributed by atoms with Crippen molar-refractivity contribution in [2.24, 2.45) is 0 Å². The summed E-state index contributed by atoms with van der Waals surface area (Å²) >= 11 is 2.08. The number of nitrogens with zero attached hydrogens (tertiary/aromatic N) is 4. The molecule has 14 nitrogen and oxygen atoms in total. The molecule has 4 amide bonds. The maximum Gasteiger partial charge on any atom is 0.286 e. The Morgan fingerprint density at radius 1 is 0.667 bits per heavy atom. The molecular weight excluding hydrogens is 948 g/mol. The Balaban J connectivity index is 0.000000280. The van der Waals surface area contributed by atoms with Crippen LogP contribution in [-0.4, -0.2) is 93.7 Å². The van der Waals surface area contributed by atoms with Gasteiger partial charge in [-0.2, -0.15) is 0 Å². The van der Waals surface area contributed by atoms with Crippen molar-refractivity contribution in [3.05, 3.63) is 102 Å². The molecule has 0 aliphatic carbocycles. The zero-order chi connectivity index (χ0) is 37.0. The van der Waals surface area contributed by atoms with Gasteiger partial charge in [-0.05, 0) is 78.9 Å². The third-order valence-corrected chi connectivity index (χ3v) is 9.99. The fraction of sp³-hybridized carbons (Fsp3) is 0.297. The van der Waals surface area contributed by atoms with E-state index in [-0.39, 0.29) is 88.1 Å². The van der Waals surface area contributed by atoms with Gasteiger partial charge in [0.05, 0.1) is 29.8 Å². The van der Waals surface area contributed by atoms with Crippen LogP contribution in [0.4, 0.5) is 21.2 Å². The van der Waals surface area contributed by atoms with E-state index in [9.17, 15) is 24.3 Å². The summed E-state index contributed by atoms with van der Waals surface area (Å²) in [5, 5.41) is 12.6. The summed E-state index contributed by atoms with van der Waals surface area (Å²) in [6, 6.07) is 22.5. The number of carbonyl (C=O) groups excluding carboxylic acids is 4. The van der Waals surface area contributed by atoms with E-state index in [1.165, 1.54) is 6.20 Å². The van der Waals surface area contributed by atoms with Crippen LogP contribution in [0.1, 0.15) is 16.7 Å². The molecule has 283 valence electrons. The molecule has 5 N–H and O–H groups in total. The van der Waals surface area contributed by atoms with Crippen molar-refractivity contribution in [1.29, 1.82) is 0 Å². The van der Waals surface area contributed by atoms with Crippen LogP contribution in [-0.2, 0) is 22.4 Å². The van der Waals surface area contributed by atoms with E-state index in [4.69, 9.17) is 9.47 Å². The summed E-state index contributed by atoms with van der Waals surface area (Å²) in [5.74, 6) is 2.87. The topological polar surface area (TPSA) is 195 Å². The quantitative estimate of drug-likeness (QED) is 0.163. The van der Waals surface area contributed by atoms with E-state index in [0.29, 0.717) is 32.6 Å². The van der Waals surface area contributed by atoms with Crippen molar-refractivity contribution >= 4 is 57.5 Å². The van der Waals surface area contributed by atoms with E-state index in [2.05, 4.69) is 20.6 Å². The largest absolute Gasteiger partial charge is 0.506 e. The number of anilines is 2. The number of nitrogens with one attached hydrogen (secondary N) is 2. The zero-order valence-electron chi connectivity index (χ0n) is 30.1. The van der Waals surface area contributed by atoms with Gasteiger partial charge in [-0.15, -0.1) is 0 Å². The van der Waals surface area contributed by atoms with Crippen molar-refractivity contribution in [2.45, 2.75) is 30.3 Å². The van der Waals surface area contributed by atoms with Gasteiger partial charge in [0.25, 0.3) is 10.5 Å². The Morgan fingerprint density at radius 3 is 1.44 bits per heavy atom. The number of benzene rings is 2. The first kappa shape index (κ1) is 44.5. The van der Waals surface area contributed by atoms with Gasteiger partial charge in [-0.3, -0.25) is 29.8 Å². The van der Waals surface area contributed by atoms with Crippen LogP contribution in [0.3, 0.4) is 0 Å². The Morgan fingerprint density at radius 2 is 1.09 bits per heavy atom. The normalized spacial score (nSPS) is 15.8. The minimum Gasteiger partial charge on any atom is -0.506 e. The molecule has 17 heteroatoms. The Hall–Kier alpha value is -3.88. The third kappa shape index (κ3) is 13.8. The molecule has 2 atom stereocenters. The van der Waals surface area contributed by atoms with Gasteiger partial charge in [-0.25, -0.2) is 9.97 Å². The number of amides is 4. The van der Waals surface area contributed by atoms with Crippen molar-refractivity contribution in [3.63, 3.8) is 0 Å². The summed E-state index contributed by atoms with van der Waals surface area (Å²) in [7, 11) is 3.88. The summed E-state index contributed by atoms with van der Waals surface area (Å²) in [6.45, 7) is 4.40. The Kier molecular flexibility index (Phi) is 18.0. The fourth-order valence-corrected chi connectivity index (χ4v) is 6.77. The molecule has 2 fully saturated rings. The van der Waals surface area contributed by atoms with Crippen LogP contribution in [0.15, 0.2) is 85.2 Å². The molecule has 2 aliphatic heterocycles. The summed E-state index contributed by atoms with van der Waals surface area (Å²) in [5.41, 5.74) is 3.11. The van der Waals surface area contributed by atoms with Gasteiger partial charge >= 0.3 is 0 Å². The number of aromatic hydroxyl groups is 1. The molecule has 0 bridgehead atoms. The van der Waals surface area contributed by atoms with Crippen LogP contribution < -0.4 is 29.9 Å². The molecule has 1 radical (unpaired) electrons. The minimum absolute atomic E-state index is 0. The second-order valence-corrected chi connectivity index (χ2v) is 14.4. The van der Waals surface area contributed by atoms with Crippen LogP contribution in [0, 0.1) is 51.0 Å². The van der Waals surface area contributed by atoms with Gasteiger partial charge in [0.1, 0.15) is 42.1 Å². The summed E-state index contributed by atoms with van der Waals surface area (Å²) < 4.78 is 11.5. The van der Waals surface area contributed by atoms with E-state index in [1.807, 2.05) is 97.7 Å². The van der Waals surface area contributed by atoms with Gasteiger partial charge in [0, 0.05) is 64.4 Å². The number of imide groups is 2. The van der Waals surface area contributed by atoms with Gasteiger partial charge in [0.2, 0.25) is 11.8 Å². The average Bonchev–Trinajstić information content (AvgIpc) is 3.63. The van der Waals surface area contributed by atoms with Crippen LogP contribution in [0.5, 0.6) is 17.2 Å². The molecule has 4 heterocycles. The maximum absolute atomic E-state index is 11.6. The van der Waals surface area contributed by atoms with E-state index in [0.717, 1.165) is 69.9 Å². The number of hydrogen-bond acceptors (Lipinski definition) is 13. The molecule has 2 aliphatic rings. The van der Waals surface area contributed by atoms with E-state index in [1.54, 1.807) is 12.1 Å². The van der Waals surface area contributed by atoms with Crippen molar-refractivity contribution in [3.8, 4) is 17.2 Å². The molecule has 2 aromatic heterocycles. The van der Waals surface area contributed by atoms with Gasteiger partial charge in [0.15, 0.2) is 0 Å². The maximum atomic E-state index is 11.6. The van der Waals surface area contributed by atoms with Crippen LogP contribution in [0.2, 0.25) is 0 Å². The van der Waals surface area contributed by atoms with E-state index < -0.39 is 0 Å². The number of rotatable bonds is 14. The number of aromatic nitrogens is 2. The smallest absolute Gasteiger partial charge is 0.286 e. The molecule has 54 heavy (non-hydrogen) atoms. The average molecular weight is 990 g/mol. The summed E-state index contributed by atoms with van der Waals surface area (Å²) in [6.07, 6.45) is 4.30. The van der Waals surface area contributed by atoms with Gasteiger partial charge < -0.3 is 29.9 Å². The summed E-state index contributed by atoms with van der Waals surface area (Å²) in [4.78, 5) is 58.1. The zero-order valence-corrected chi connectivity index (χ0v) is 36.4. The second kappa shape index (κ2) is 21.9. The predicted molar refractivity (Wildman–Crippen MR) is 206 cm³/mol. The standard InChI is InChI=1S/C19H21N3O3S.C18H19N3O4S.Ac.H2O/c1-13-3-8-17(20-12-13)22(2)9-10-25-15-6-4-14(5-7-15)11-16-18(23)21-19(24)26-16;1-21(16-7-4-13(22)11-19-16)8-9-25-14-5-2-12(3-6-14)10-15-17(23)20-18(24)26-15;;/h3-8,12,16H,9-11H2,1-2H3,(H,21,23,24);2-7,11,15,22H,8-10H2,1H3,(H,20,23,24);;1H2. The Bertz CT molecular complexity index is 1700. The first-order valence-corrected chi connectivity index (χ1v) is 18.2.